The Hall–Kier alpha value is -1.94. The van der Waals surface area contributed by atoms with Crippen molar-refractivity contribution in [2.24, 2.45) is 0 Å². The molecule has 0 unspecified atom stereocenters. The molecule has 0 aliphatic carbocycles. The second-order valence-corrected chi connectivity index (χ2v) is 3.70. The van der Waals surface area contributed by atoms with E-state index in [-0.39, 0.29) is 10.9 Å². The molecule has 0 fully saturated rings. The summed E-state index contributed by atoms with van der Waals surface area (Å²) in [6, 6.07) is 4.75. The van der Waals surface area contributed by atoms with Crippen LogP contribution in [0.25, 0.3) is 0 Å². The number of hydrogen-bond acceptors (Lipinski definition) is 4. The maximum atomic E-state index is 12.1. The minimum absolute atomic E-state index is 0.166. The molecule has 0 bridgehead atoms. The van der Waals surface area contributed by atoms with E-state index in [2.05, 4.69) is 9.97 Å². The molecule has 0 N–H and O–H groups in total. The summed E-state index contributed by atoms with van der Waals surface area (Å²) in [5.41, 5.74) is 0.923. The summed E-state index contributed by atoms with van der Waals surface area (Å²) >= 11 is 5.73. The van der Waals surface area contributed by atoms with Crippen molar-refractivity contribution in [3.05, 3.63) is 53.1 Å². The van der Waals surface area contributed by atoms with Gasteiger partial charge in [0, 0.05) is 23.5 Å². The van der Waals surface area contributed by atoms with Gasteiger partial charge in [-0.1, -0.05) is 11.6 Å². The van der Waals surface area contributed by atoms with E-state index in [9.17, 15) is 4.79 Å². The van der Waals surface area contributed by atoms with E-state index in [4.69, 9.17) is 16.3 Å². The number of pyridine rings is 2. The van der Waals surface area contributed by atoms with Gasteiger partial charge in [0.25, 0.3) is 0 Å². The molecule has 4 nitrogen and oxygen atoms in total. The van der Waals surface area contributed by atoms with Crippen molar-refractivity contribution < 1.29 is 9.53 Å². The molecular formula is C12H9ClN2O2. The van der Waals surface area contributed by atoms with E-state index in [0.717, 1.165) is 0 Å². The van der Waals surface area contributed by atoms with E-state index < -0.39 is 0 Å². The first-order valence-corrected chi connectivity index (χ1v) is 5.24. The Balaban J connectivity index is 2.36. The highest BCUT2D eigenvalue weighted by molar-refractivity contribution is 6.29. The first-order valence-electron chi connectivity index (χ1n) is 4.86. The number of ketones is 1. The molecule has 0 atom stereocenters. The molecule has 5 heteroatoms. The van der Waals surface area contributed by atoms with E-state index >= 15 is 0 Å². The lowest BCUT2D eigenvalue weighted by Gasteiger charge is -2.03. The third-order valence-electron chi connectivity index (χ3n) is 2.20. The molecule has 0 saturated carbocycles. The standard InChI is InChI=1S/C12H9ClN2O2/c1-17-10-4-9(6-14-7-10)12(16)8-2-3-15-11(13)5-8/h2-7H,1H3. The molecule has 0 aromatic carbocycles. The second-order valence-electron chi connectivity index (χ2n) is 3.31. The Bertz CT molecular complexity index is 558. The number of nitrogens with zero attached hydrogens (tertiary/aromatic N) is 2. The summed E-state index contributed by atoms with van der Waals surface area (Å²) < 4.78 is 5.01. The Kier molecular flexibility index (Phi) is 3.35. The summed E-state index contributed by atoms with van der Waals surface area (Å²) in [6.45, 7) is 0. The van der Waals surface area contributed by atoms with Gasteiger partial charge < -0.3 is 4.74 Å². The van der Waals surface area contributed by atoms with Crippen LogP contribution in [-0.2, 0) is 0 Å². The molecular weight excluding hydrogens is 240 g/mol. The molecule has 2 aromatic heterocycles. The lowest BCUT2D eigenvalue weighted by atomic mass is 10.1. The van der Waals surface area contributed by atoms with Crippen molar-refractivity contribution in [2.45, 2.75) is 0 Å². The molecule has 17 heavy (non-hydrogen) atoms. The summed E-state index contributed by atoms with van der Waals surface area (Å²) in [7, 11) is 1.52. The maximum absolute atomic E-state index is 12.1. The van der Waals surface area contributed by atoms with Crippen molar-refractivity contribution in [3.8, 4) is 5.75 Å². The fourth-order valence-electron chi connectivity index (χ4n) is 1.37. The predicted octanol–water partition coefficient (Wildman–Crippen LogP) is 2.37. The molecule has 0 amide bonds. The number of ether oxygens (including phenoxy) is 1. The number of aromatic nitrogens is 2. The number of carbonyl (C=O) groups is 1. The number of hydrogen-bond donors (Lipinski definition) is 0. The van der Waals surface area contributed by atoms with Crippen molar-refractivity contribution in [2.75, 3.05) is 7.11 Å². The van der Waals surface area contributed by atoms with Gasteiger partial charge in [-0.05, 0) is 18.2 Å². The van der Waals surface area contributed by atoms with E-state index in [1.54, 1.807) is 12.1 Å². The number of carbonyl (C=O) groups excluding carboxylic acids is 1. The third-order valence-corrected chi connectivity index (χ3v) is 2.41. The molecule has 0 aliphatic rings. The maximum Gasteiger partial charge on any atom is 0.194 e. The topological polar surface area (TPSA) is 52.1 Å². The fraction of sp³-hybridized carbons (Fsp3) is 0.0833. The molecule has 2 rings (SSSR count). The van der Waals surface area contributed by atoms with Gasteiger partial charge in [0.15, 0.2) is 5.78 Å². The largest absolute Gasteiger partial charge is 0.495 e. The van der Waals surface area contributed by atoms with E-state index in [1.165, 1.54) is 31.8 Å². The molecule has 0 aliphatic heterocycles. The first kappa shape index (κ1) is 11.5. The average molecular weight is 249 g/mol. The average Bonchev–Trinajstić information content (AvgIpc) is 2.38. The first-order chi connectivity index (χ1) is 8.20. The Morgan fingerprint density at radius 1 is 1.29 bits per heavy atom. The molecule has 86 valence electrons. The van der Waals surface area contributed by atoms with Crippen LogP contribution in [-0.4, -0.2) is 22.9 Å². The third kappa shape index (κ3) is 2.60. The van der Waals surface area contributed by atoms with E-state index in [0.29, 0.717) is 16.9 Å². The summed E-state index contributed by atoms with van der Waals surface area (Å²) in [5.74, 6) is 0.372. The van der Waals surface area contributed by atoms with Crippen molar-refractivity contribution in [3.63, 3.8) is 0 Å². The van der Waals surface area contributed by atoms with Crippen LogP contribution in [0.15, 0.2) is 36.8 Å². The van der Waals surface area contributed by atoms with Gasteiger partial charge in [0.2, 0.25) is 0 Å². The highest BCUT2D eigenvalue weighted by Gasteiger charge is 2.10. The van der Waals surface area contributed by atoms with E-state index in [1.807, 2.05) is 0 Å². The van der Waals surface area contributed by atoms with Gasteiger partial charge in [-0.25, -0.2) is 4.98 Å². The minimum atomic E-state index is -0.166. The smallest absolute Gasteiger partial charge is 0.194 e. The zero-order valence-corrected chi connectivity index (χ0v) is 9.81. The van der Waals surface area contributed by atoms with Crippen LogP contribution in [0.1, 0.15) is 15.9 Å². The Labute approximate surface area is 103 Å². The van der Waals surface area contributed by atoms with Gasteiger partial charge in [-0.15, -0.1) is 0 Å². The van der Waals surface area contributed by atoms with Crippen LogP contribution in [0.5, 0.6) is 5.75 Å². The van der Waals surface area contributed by atoms with Crippen LogP contribution in [0.3, 0.4) is 0 Å². The number of rotatable bonds is 3. The summed E-state index contributed by atoms with van der Waals surface area (Å²) in [4.78, 5) is 19.8. The van der Waals surface area contributed by atoms with Gasteiger partial charge in [0.1, 0.15) is 10.9 Å². The zero-order chi connectivity index (χ0) is 12.3. The highest BCUT2D eigenvalue weighted by Crippen LogP contribution is 2.16. The van der Waals surface area contributed by atoms with Crippen molar-refractivity contribution in [1.82, 2.24) is 9.97 Å². The lowest BCUT2D eigenvalue weighted by Crippen LogP contribution is -2.02. The van der Waals surface area contributed by atoms with Crippen LogP contribution < -0.4 is 4.74 Å². The predicted molar refractivity (Wildman–Crippen MR) is 63.5 cm³/mol. The summed E-state index contributed by atoms with van der Waals surface area (Å²) in [5, 5.41) is 0.284. The van der Waals surface area contributed by atoms with Crippen LogP contribution >= 0.6 is 11.6 Å². The van der Waals surface area contributed by atoms with Crippen molar-refractivity contribution in [1.29, 1.82) is 0 Å². The van der Waals surface area contributed by atoms with Crippen molar-refractivity contribution >= 4 is 17.4 Å². The lowest BCUT2D eigenvalue weighted by molar-refractivity contribution is 0.103. The van der Waals surface area contributed by atoms with Gasteiger partial charge >= 0.3 is 0 Å². The Morgan fingerprint density at radius 2 is 2.12 bits per heavy atom. The zero-order valence-electron chi connectivity index (χ0n) is 9.05. The van der Waals surface area contributed by atoms with Crippen LogP contribution in [0.2, 0.25) is 5.15 Å². The van der Waals surface area contributed by atoms with Gasteiger partial charge in [-0.2, -0.15) is 0 Å². The molecule has 0 saturated heterocycles. The second kappa shape index (κ2) is 4.93. The summed E-state index contributed by atoms with van der Waals surface area (Å²) in [6.07, 6.45) is 4.51. The quantitative estimate of drug-likeness (QED) is 0.618. The normalized spacial score (nSPS) is 10.0. The molecule has 2 heterocycles. The SMILES string of the molecule is COc1cncc(C(=O)c2ccnc(Cl)c2)c1. The molecule has 0 radical (unpaired) electrons. The van der Waals surface area contributed by atoms with Crippen LogP contribution in [0.4, 0.5) is 0 Å². The monoisotopic (exact) mass is 248 g/mol. The Morgan fingerprint density at radius 3 is 2.82 bits per heavy atom. The van der Waals surface area contributed by atoms with Gasteiger partial charge in [0.05, 0.1) is 13.3 Å². The fourth-order valence-corrected chi connectivity index (χ4v) is 1.54. The minimum Gasteiger partial charge on any atom is -0.495 e. The number of methoxy groups -OCH3 is 1. The molecule has 0 spiro atoms. The highest BCUT2D eigenvalue weighted by atomic mass is 35.5. The molecule has 2 aromatic rings. The number of halogens is 1. The van der Waals surface area contributed by atoms with Gasteiger partial charge in [-0.3, -0.25) is 9.78 Å². The van der Waals surface area contributed by atoms with Crippen LogP contribution in [0, 0.1) is 0 Å².